The molecule has 2 aromatic heterocycles. The normalized spacial score (nSPS) is 14.8. The van der Waals surface area contributed by atoms with Gasteiger partial charge in [0.1, 0.15) is 0 Å². The van der Waals surface area contributed by atoms with Crippen LogP contribution in [0.1, 0.15) is 21.9 Å². The maximum atomic E-state index is 3.60. The number of aromatic nitrogens is 2. The van der Waals surface area contributed by atoms with Crippen LogP contribution in [0.3, 0.4) is 0 Å². The number of hydrogen-bond acceptors (Lipinski definition) is 5. The molecular weight excluding hydrogens is 861 g/mol. The van der Waals surface area contributed by atoms with E-state index in [9.17, 15) is 0 Å². The predicted octanol–water partition coefficient (Wildman–Crippen LogP) is 16.4. The number of nitrogens with zero attached hydrogens (tertiary/aromatic N) is 4. The molecule has 13 rings (SSSR count). The van der Waals surface area contributed by atoms with Gasteiger partial charge in [-0.2, -0.15) is 0 Å². The Labute approximate surface area is 405 Å². The Balaban J connectivity index is 0.770. The molecule has 0 bridgehead atoms. The molecule has 0 aliphatic carbocycles. The molecule has 0 radical (unpaired) electrons. The lowest BCUT2D eigenvalue weighted by atomic mass is 10.1. The van der Waals surface area contributed by atoms with Crippen LogP contribution in [0.15, 0.2) is 255 Å². The zero-order valence-electron chi connectivity index (χ0n) is 37.6. The number of nitrogens with one attached hydrogen (secondary N) is 2. The molecule has 2 atom stereocenters. The summed E-state index contributed by atoms with van der Waals surface area (Å²) in [7, 11) is 0. The average molecular weight is 907 g/mol. The predicted molar refractivity (Wildman–Crippen MR) is 290 cm³/mol. The van der Waals surface area contributed by atoms with Gasteiger partial charge in [0.15, 0.2) is 0 Å². The van der Waals surface area contributed by atoms with E-state index in [-0.39, 0.29) is 10.7 Å². The third-order valence-electron chi connectivity index (χ3n) is 13.4. The Kier molecular flexibility index (Phi) is 10.3. The van der Waals surface area contributed by atoms with Gasteiger partial charge in [0.05, 0.1) is 32.8 Å². The van der Waals surface area contributed by atoms with Crippen molar-refractivity contribution in [3.63, 3.8) is 0 Å². The summed E-state index contributed by atoms with van der Waals surface area (Å²) < 4.78 is 4.79. The number of fused-ring (bicyclic) bond motifs is 6. The van der Waals surface area contributed by atoms with Gasteiger partial charge in [0.25, 0.3) is 0 Å². The largest absolute Gasteiger partial charge is 0.310 e. The maximum absolute atomic E-state index is 3.60. The number of thioether (sulfide) groups is 1. The quantitative estimate of drug-likeness (QED) is 0.143. The van der Waals surface area contributed by atoms with Crippen molar-refractivity contribution in [3.05, 3.63) is 266 Å². The highest BCUT2D eigenvalue weighted by molar-refractivity contribution is 7.99. The molecule has 330 valence electrons. The Morgan fingerprint density at radius 3 is 0.971 bits per heavy atom. The topological polar surface area (TPSA) is 40.4 Å². The van der Waals surface area contributed by atoms with Crippen molar-refractivity contribution in [2.45, 2.75) is 10.7 Å². The van der Waals surface area contributed by atoms with Crippen molar-refractivity contribution in [3.8, 4) is 11.4 Å². The zero-order chi connectivity index (χ0) is 45.7. The summed E-state index contributed by atoms with van der Waals surface area (Å²) in [5.41, 5.74) is 23.4. The lowest BCUT2D eigenvalue weighted by molar-refractivity contribution is 0.555. The summed E-state index contributed by atoms with van der Waals surface area (Å²) in [5.74, 6) is 0. The van der Waals surface area contributed by atoms with Crippen LogP contribution in [0.2, 0.25) is 0 Å². The van der Waals surface area contributed by atoms with Gasteiger partial charge in [0.2, 0.25) is 0 Å². The highest BCUT2D eigenvalue weighted by atomic mass is 32.2. The van der Waals surface area contributed by atoms with Gasteiger partial charge in [-0.25, -0.2) is 10.9 Å². The molecule has 0 spiro atoms. The van der Waals surface area contributed by atoms with Gasteiger partial charge < -0.3 is 18.9 Å². The lowest BCUT2D eigenvalue weighted by Crippen LogP contribution is -2.26. The molecule has 0 amide bonds. The van der Waals surface area contributed by atoms with Gasteiger partial charge in [-0.1, -0.05) is 133 Å². The number of hydrazine groups is 1. The second-order valence-corrected chi connectivity index (χ2v) is 18.7. The van der Waals surface area contributed by atoms with E-state index in [1.807, 2.05) is 11.8 Å². The van der Waals surface area contributed by atoms with Crippen molar-refractivity contribution in [1.82, 2.24) is 20.0 Å². The van der Waals surface area contributed by atoms with E-state index in [4.69, 9.17) is 0 Å². The second-order valence-electron chi connectivity index (χ2n) is 17.5. The van der Waals surface area contributed by atoms with Crippen LogP contribution in [-0.2, 0) is 0 Å². The van der Waals surface area contributed by atoms with E-state index < -0.39 is 0 Å². The number of rotatable bonds is 10. The summed E-state index contributed by atoms with van der Waals surface area (Å²) in [6.45, 7) is 0. The average Bonchev–Trinajstić information content (AvgIpc) is 4.14. The Morgan fingerprint density at radius 1 is 0.290 bits per heavy atom. The van der Waals surface area contributed by atoms with E-state index in [1.54, 1.807) is 0 Å². The van der Waals surface area contributed by atoms with Gasteiger partial charge in [-0.05, 0) is 132 Å². The Morgan fingerprint density at radius 2 is 0.609 bits per heavy atom. The van der Waals surface area contributed by atoms with Crippen LogP contribution < -0.4 is 20.7 Å². The smallest absolute Gasteiger partial charge is 0.0936 e. The molecule has 7 heteroatoms. The highest BCUT2D eigenvalue weighted by Gasteiger charge is 2.27. The van der Waals surface area contributed by atoms with Gasteiger partial charge >= 0.3 is 0 Å². The molecule has 0 saturated carbocycles. The van der Waals surface area contributed by atoms with Gasteiger partial charge in [0, 0.05) is 67.0 Å². The zero-order valence-corrected chi connectivity index (χ0v) is 38.4. The van der Waals surface area contributed by atoms with Crippen LogP contribution in [-0.4, -0.2) is 9.13 Å². The number of anilines is 6. The first-order valence-electron chi connectivity index (χ1n) is 23.5. The first kappa shape index (κ1) is 40.9. The van der Waals surface area contributed by atoms with Crippen LogP contribution >= 0.6 is 11.8 Å². The molecule has 1 aliphatic heterocycles. The summed E-state index contributed by atoms with van der Waals surface area (Å²) >= 11 is 1.89. The Hall–Kier alpha value is -8.33. The first-order chi connectivity index (χ1) is 34.2. The SMILES string of the molecule is c1ccc(N(c2ccccc2)c2ccc3c(c2)c2ccccc2n3-c2ccc(C3NNC(c4ccc(-n5c6ccccc6c6cc(N(c7ccccc7)c7ccccc7)ccc65)cc4)S3)cc2)cc1. The second kappa shape index (κ2) is 17.4. The molecule has 2 N–H and O–H groups in total. The third kappa shape index (κ3) is 7.32. The van der Waals surface area contributed by atoms with E-state index >= 15 is 0 Å². The van der Waals surface area contributed by atoms with Crippen molar-refractivity contribution >= 4 is 89.5 Å². The van der Waals surface area contributed by atoms with Gasteiger partial charge in [-0.3, -0.25) is 0 Å². The minimum absolute atomic E-state index is 0.0873. The van der Waals surface area contributed by atoms with E-state index in [2.05, 4.69) is 285 Å². The number of benzene rings is 10. The van der Waals surface area contributed by atoms with Crippen molar-refractivity contribution in [2.24, 2.45) is 0 Å². The van der Waals surface area contributed by atoms with E-state index in [0.29, 0.717) is 0 Å². The fourth-order valence-corrected chi connectivity index (χ4v) is 11.4. The van der Waals surface area contributed by atoms with Crippen LogP contribution in [0.4, 0.5) is 34.1 Å². The monoisotopic (exact) mass is 906 g/mol. The van der Waals surface area contributed by atoms with Gasteiger partial charge in [-0.15, -0.1) is 11.8 Å². The summed E-state index contributed by atoms with van der Waals surface area (Å²) in [4.78, 5) is 4.66. The molecule has 1 aliphatic rings. The number of hydrogen-bond donors (Lipinski definition) is 2. The molecule has 1 saturated heterocycles. The summed E-state index contributed by atoms with van der Waals surface area (Å²) in [6, 6.07) is 91.7. The van der Waals surface area contributed by atoms with E-state index in [0.717, 1.165) is 45.5 Å². The minimum atomic E-state index is 0.0873. The molecule has 10 aromatic carbocycles. The van der Waals surface area contributed by atoms with Crippen molar-refractivity contribution in [1.29, 1.82) is 0 Å². The molecular formula is C62H46N6S. The fourth-order valence-electron chi connectivity index (χ4n) is 10.2. The van der Waals surface area contributed by atoms with Crippen molar-refractivity contribution < 1.29 is 0 Å². The lowest BCUT2D eigenvalue weighted by Gasteiger charge is -2.25. The van der Waals surface area contributed by atoms with Crippen LogP contribution in [0.25, 0.3) is 55.0 Å². The van der Waals surface area contributed by atoms with E-state index in [1.165, 1.54) is 54.7 Å². The molecule has 1 fully saturated rings. The maximum Gasteiger partial charge on any atom is 0.0936 e. The molecule has 2 unspecified atom stereocenters. The van der Waals surface area contributed by atoms with Crippen LogP contribution in [0, 0.1) is 0 Å². The minimum Gasteiger partial charge on any atom is -0.310 e. The fraction of sp³-hybridized carbons (Fsp3) is 0.0323. The molecule has 69 heavy (non-hydrogen) atoms. The highest BCUT2D eigenvalue weighted by Crippen LogP contribution is 2.44. The molecule has 3 heterocycles. The molecule has 6 nitrogen and oxygen atoms in total. The van der Waals surface area contributed by atoms with Crippen LogP contribution in [0.5, 0.6) is 0 Å². The third-order valence-corrected chi connectivity index (χ3v) is 14.7. The van der Waals surface area contributed by atoms with Crippen molar-refractivity contribution in [2.75, 3.05) is 9.80 Å². The number of para-hydroxylation sites is 6. The Bertz CT molecular complexity index is 3430. The molecule has 12 aromatic rings. The summed E-state index contributed by atoms with van der Waals surface area (Å²) in [6.07, 6.45) is 0. The summed E-state index contributed by atoms with van der Waals surface area (Å²) in [5, 5.41) is 5.07. The first-order valence-corrected chi connectivity index (χ1v) is 24.4. The standard InChI is InChI=1S/C62H46N6S/c1-5-17-45(18-6-1)65(46-19-7-2-8-20-46)51-37-39-59-55(41-51)53-25-13-15-27-57(53)67(59)49-33-29-43(30-34-49)61-63-64-62(69-61)44-31-35-50(36-32-44)68-58-28-16-14-26-54(58)56-42-52(38-40-60(56)68)66(47-21-9-3-10-22-47)48-23-11-4-12-24-48/h1-42,61-64H.